The Hall–Kier alpha value is 0.200. The van der Waals surface area contributed by atoms with E-state index in [0.717, 1.165) is 3.57 Å². The predicted molar refractivity (Wildman–Crippen MR) is 59.2 cm³/mol. The highest BCUT2D eigenvalue weighted by atomic mass is 127. The molecule has 0 aliphatic rings. The van der Waals surface area contributed by atoms with Crippen LogP contribution in [0.25, 0.3) is 0 Å². The molecule has 0 amide bonds. The van der Waals surface area contributed by atoms with Gasteiger partial charge in [0.1, 0.15) is 0 Å². The molecule has 1 aromatic rings. The minimum atomic E-state index is -0.0691. The van der Waals surface area contributed by atoms with Crippen molar-refractivity contribution < 1.29 is 4.79 Å². The van der Waals surface area contributed by atoms with Gasteiger partial charge in [0.15, 0.2) is 5.78 Å². The Kier molecular flexibility index (Phi) is 3.37. The number of hydrogen-bond acceptors (Lipinski definition) is 1. The van der Waals surface area contributed by atoms with E-state index < -0.39 is 0 Å². The lowest BCUT2D eigenvalue weighted by atomic mass is 10.1. The first-order chi connectivity index (χ1) is 5.52. The second-order valence-electron chi connectivity index (χ2n) is 2.31. The molecule has 0 spiro atoms. The van der Waals surface area contributed by atoms with Gasteiger partial charge in [-0.2, -0.15) is 0 Å². The summed E-state index contributed by atoms with van der Waals surface area (Å²) in [6, 6.07) is 3.30. The van der Waals surface area contributed by atoms with Crippen LogP contribution in [0.15, 0.2) is 12.1 Å². The van der Waals surface area contributed by atoms with Crippen LogP contribution in [-0.2, 0) is 0 Å². The van der Waals surface area contributed by atoms with Crippen LogP contribution in [0.2, 0.25) is 10.0 Å². The van der Waals surface area contributed by atoms with E-state index in [1.165, 1.54) is 6.92 Å². The number of hydrogen-bond donors (Lipinski definition) is 0. The van der Waals surface area contributed by atoms with Gasteiger partial charge in [0, 0.05) is 14.2 Å². The van der Waals surface area contributed by atoms with Gasteiger partial charge in [0.05, 0.1) is 5.02 Å². The fourth-order valence-corrected chi connectivity index (χ4v) is 2.08. The summed E-state index contributed by atoms with van der Waals surface area (Å²) >= 11 is 13.7. The van der Waals surface area contributed by atoms with Crippen molar-refractivity contribution in [1.82, 2.24) is 0 Å². The molecule has 0 aromatic heterocycles. The van der Waals surface area contributed by atoms with E-state index in [9.17, 15) is 4.79 Å². The van der Waals surface area contributed by atoms with Gasteiger partial charge >= 0.3 is 0 Å². The molecule has 0 saturated heterocycles. The molecule has 1 aromatic carbocycles. The lowest BCUT2D eigenvalue weighted by Gasteiger charge is -2.02. The van der Waals surface area contributed by atoms with E-state index in [4.69, 9.17) is 23.2 Å². The number of Topliss-reactive ketones (excluding diaryl/α,β-unsaturated/α-hetero) is 1. The van der Waals surface area contributed by atoms with Crippen molar-refractivity contribution in [2.75, 3.05) is 0 Å². The molecule has 1 rings (SSSR count). The topological polar surface area (TPSA) is 17.1 Å². The van der Waals surface area contributed by atoms with Gasteiger partial charge < -0.3 is 0 Å². The van der Waals surface area contributed by atoms with Crippen molar-refractivity contribution in [3.63, 3.8) is 0 Å². The van der Waals surface area contributed by atoms with Crippen molar-refractivity contribution in [2.45, 2.75) is 6.92 Å². The normalized spacial score (nSPS) is 10.0. The number of carbonyl (C=O) groups is 1. The lowest BCUT2D eigenvalue weighted by Crippen LogP contribution is -1.94. The van der Waals surface area contributed by atoms with Crippen LogP contribution in [0.4, 0.5) is 0 Å². The van der Waals surface area contributed by atoms with Gasteiger partial charge in [-0.1, -0.05) is 23.2 Å². The Morgan fingerprint density at radius 2 is 2.00 bits per heavy atom. The third kappa shape index (κ3) is 2.12. The minimum Gasteiger partial charge on any atom is -0.294 e. The highest BCUT2D eigenvalue weighted by Crippen LogP contribution is 2.27. The number of ketones is 1. The van der Waals surface area contributed by atoms with E-state index in [-0.39, 0.29) is 5.78 Å². The standard InChI is InChI=1S/C8H5Cl2IO/c1-4(12)6-2-5(9)3-7(11)8(6)10/h2-3H,1H3. The monoisotopic (exact) mass is 314 g/mol. The molecule has 0 atom stereocenters. The summed E-state index contributed by atoms with van der Waals surface area (Å²) in [5.41, 5.74) is 0.480. The van der Waals surface area contributed by atoms with Gasteiger partial charge in [-0.25, -0.2) is 0 Å². The van der Waals surface area contributed by atoms with E-state index in [1.54, 1.807) is 12.1 Å². The molecule has 0 saturated carbocycles. The first kappa shape index (κ1) is 10.3. The first-order valence-corrected chi connectivity index (χ1v) is 5.01. The summed E-state index contributed by atoms with van der Waals surface area (Å²) < 4.78 is 0.798. The van der Waals surface area contributed by atoms with Crippen LogP contribution in [0.3, 0.4) is 0 Å². The Labute approximate surface area is 94.2 Å². The molecule has 0 N–H and O–H groups in total. The zero-order chi connectivity index (χ0) is 9.30. The average molecular weight is 315 g/mol. The van der Waals surface area contributed by atoms with Gasteiger partial charge in [-0.15, -0.1) is 0 Å². The van der Waals surface area contributed by atoms with Crippen molar-refractivity contribution in [1.29, 1.82) is 0 Å². The molecule has 0 aliphatic carbocycles. The highest BCUT2D eigenvalue weighted by molar-refractivity contribution is 14.1. The van der Waals surface area contributed by atoms with Gasteiger partial charge in [-0.05, 0) is 41.6 Å². The Balaban J connectivity index is 3.37. The summed E-state index contributed by atoms with van der Waals surface area (Å²) in [5.74, 6) is -0.0691. The Morgan fingerprint density at radius 3 is 2.50 bits per heavy atom. The summed E-state index contributed by atoms with van der Waals surface area (Å²) in [7, 11) is 0. The van der Waals surface area contributed by atoms with Gasteiger partial charge in [0.2, 0.25) is 0 Å². The lowest BCUT2D eigenvalue weighted by molar-refractivity contribution is 0.101. The zero-order valence-corrected chi connectivity index (χ0v) is 9.87. The predicted octanol–water partition coefficient (Wildman–Crippen LogP) is 3.80. The summed E-state index contributed by atoms with van der Waals surface area (Å²) in [6.45, 7) is 1.47. The molecule has 0 fully saturated rings. The number of halogens is 3. The highest BCUT2D eigenvalue weighted by Gasteiger charge is 2.09. The van der Waals surface area contributed by atoms with E-state index in [1.807, 2.05) is 22.6 Å². The molecule has 1 nitrogen and oxygen atoms in total. The molecule has 64 valence electrons. The molecule has 4 heteroatoms. The molecular formula is C8H5Cl2IO. The third-order valence-electron chi connectivity index (χ3n) is 1.37. The van der Waals surface area contributed by atoms with Crippen molar-refractivity contribution in [2.24, 2.45) is 0 Å². The van der Waals surface area contributed by atoms with Crippen LogP contribution in [0.1, 0.15) is 17.3 Å². The van der Waals surface area contributed by atoms with Crippen LogP contribution in [0.5, 0.6) is 0 Å². The van der Waals surface area contributed by atoms with E-state index in [2.05, 4.69) is 0 Å². The summed E-state index contributed by atoms with van der Waals surface area (Å²) in [6.07, 6.45) is 0. The van der Waals surface area contributed by atoms with Gasteiger partial charge in [-0.3, -0.25) is 4.79 Å². The molecule has 0 bridgehead atoms. The molecule has 0 radical (unpaired) electrons. The van der Waals surface area contributed by atoms with Gasteiger partial charge in [0.25, 0.3) is 0 Å². The Morgan fingerprint density at radius 1 is 1.42 bits per heavy atom. The van der Waals surface area contributed by atoms with E-state index in [0.29, 0.717) is 15.6 Å². The maximum Gasteiger partial charge on any atom is 0.161 e. The minimum absolute atomic E-state index is 0.0691. The molecule has 12 heavy (non-hydrogen) atoms. The van der Waals surface area contributed by atoms with E-state index >= 15 is 0 Å². The second kappa shape index (κ2) is 3.94. The summed E-state index contributed by atoms with van der Waals surface area (Å²) in [4.78, 5) is 11.0. The molecule has 0 heterocycles. The smallest absolute Gasteiger partial charge is 0.161 e. The first-order valence-electron chi connectivity index (χ1n) is 3.18. The maximum absolute atomic E-state index is 11.0. The number of benzene rings is 1. The van der Waals surface area contributed by atoms with Crippen LogP contribution in [-0.4, -0.2) is 5.78 Å². The van der Waals surface area contributed by atoms with Crippen LogP contribution < -0.4 is 0 Å². The molecule has 0 aliphatic heterocycles. The van der Waals surface area contributed by atoms with Crippen molar-refractivity contribution in [3.8, 4) is 0 Å². The number of carbonyl (C=O) groups excluding carboxylic acids is 1. The quantitative estimate of drug-likeness (QED) is 0.438. The summed E-state index contributed by atoms with van der Waals surface area (Å²) in [5, 5.41) is 1.02. The fraction of sp³-hybridized carbons (Fsp3) is 0.125. The zero-order valence-electron chi connectivity index (χ0n) is 6.20. The average Bonchev–Trinajstić information content (AvgIpc) is 1.96. The van der Waals surface area contributed by atoms with Crippen LogP contribution >= 0.6 is 45.8 Å². The third-order valence-corrected chi connectivity index (χ3v) is 3.17. The second-order valence-corrected chi connectivity index (χ2v) is 4.28. The van der Waals surface area contributed by atoms with Crippen molar-refractivity contribution in [3.05, 3.63) is 31.3 Å². The Bertz CT molecular complexity index is 336. The fourth-order valence-electron chi connectivity index (χ4n) is 0.812. The number of rotatable bonds is 1. The van der Waals surface area contributed by atoms with Crippen LogP contribution in [0, 0.1) is 3.57 Å². The largest absolute Gasteiger partial charge is 0.294 e. The maximum atomic E-state index is 11.0. The molecular weight excluding hydrogens is 310 g/mol. The SMILES string of the molecule is CC(=O)c1cc(Cl)cc(I)c1Cl. The van der Waals surface area contributed by atoms with Crippen molar-refractivity contribution >= 4 is 51.6 Å². The molecule has 0 unspecified atom stereocenters.